The number of aryl methyl sites for hydroxylation is 2. The first kappa shape index (κ1) is 20.8. The molecule has 2 aromatic carbocycles. The molecule has 0 atom stereocenters. The van der Waals surface area contributed by atoms with Crippen LogP contribution in [0.25, 0.3) is 5.57 Å². The van der Waals surface area contributed by atoms with Gasteiger partial charge in [0.1, 0.15) is 0 Å². The molecule has 1 aliphatic rings. The molecule has 0 aromatic heterocycles. The van der Waals surface area contributed by atoms with Crippen LogP contribution in [0.2, 0.25) is 0 Å². The minimum Gasteiger partial charge on any atom is -0.360 e. The highest BCUT2D eigenvalue weighted by atomic mass is 16.2. The van der Waals surface area contributed by atoms with Gasteiger partial charge in [-0.3, -0.25) is 4.79 Å². The van der Waals surface area contributed by atoms with E-state index in [0.717, 1.165) is 16.7 Å². The van der Waals surface area contributed by atoms with Crippen LogP contribution in [0.5, 0.6) is 0 Å². The molecule has 1 amide bonds. The van der Waals surface area contributed by atoms with Crippen LogP contribution in [-0.2, 0) is 0 Å². The monoisotopic (exact) mass is 389 g/mol. The summed E-state index contributed by atoms with van der Waals surface area (Å²) in [6, 6.07) is 12.2. The Morgan fingerprint density at radius 2 is 1.76 bits per heavy atom. The van der Waals surface area contributed by atoms with Crippen molar-refractivity contribution in [3.63, 3.8) is 0 Å². The molecule has 0 saturated carbocycles. The quantitative estimate of drug-likeness (QED) is 0.556. The van der Waals surface area contributed by atoms with Gasteiger partial charge >= 0.3 is 0 Å². The molecule has 0 radical (unpaired) electrons. The van der Waals surface area contributed by atoms with Gasteiger partial charge in [0.2, 0.25) is 0 Å². The van der Waals surface area contributed by atoms with E-state index in [1.165, 1.54) is 16.8 Å². The normalized spacial score (nSPS) is 15.4. The van der Waals surface area contributed by atoms with E-state index in [4.69, 9.17) is 0 Å². The number of benzene rings is 2. The van der Waals surface area contributed by atoms with Crippen LogP contribution in [0.1, 0.15) is 67.2 Å². The van der Waals surface area contributed by atoms with Crippen molar-refractivity contribution in [2.24, 2.45) is 5.10 Å². The van der Waals surface area contributed by atoms with Gasteiger partial charge in [0.15, 0.2) is 0 Å². The zero-order valence-corrected chi connectivity index (χ0v) is 18.5. The molecule has 0 saturated heterocycles. The fourth-order valence-corrected chi connectivity index (χ4v) is 4.22. The number of hydrogen-bond acceptors (Lipinski definition) is 3. The lowest BCUT2D eigenvalue weighted by molar-refractivity contribution is 0.0955. The molecule has 1 aliphatic heterocycles. The molecule has 1 heterocycles. The number of amides is 1. The SMILES string of the molecule is CC1=CC(C)(C)N(C(C)C)c2cc(C)c(/C=N\NC(=O)c3ccc(C)cc3)cc21. The number of carbonyl (C=O) groups excluding carboxylic acids is 1. The largest absolute Gasteiger partial charge is 0.360 e. The van der Waals surface area contributed by atoms with E-state index < -0.39 is 0 Å². The maximum absolute atomic E-state index is 12.3. The van der Waals surface area contributed by atoms with Crippen LogP contribution < -0.4 is 10.3 Å². The van der Waals surface area contributed by atoms with E-state index in [9.17, 15) is 4.79 Å². The van der Waals surface area contributed by atoms with Gasteiger partial charge in [-0.2, -0.15) is 5.10 Å². The van der Waals surface area contributed by atoms with E-state index in [-0.39, 0.29) is 11.4 Å². The summed E-state index contributed by atoms with van der Waals surface area (Å²) in [4.78, 5) is 14.7. The van der Waals surface area contributed by atoms with Crippen LogP contribution in [-0.4, -0.2) is 23.7 Å². The smallest absolute Gasteiger partial charge is 0.271 e. The number of anilines is 1. The Kier molecular flexibility index (Phi) is 5.65. The van der Waals surface area contributed by atoms with Crippen LogP contribution in [0.15, 0.2) is 47.6 Å². The number of hydrogen-bond donors (Lipinski definition) is 1. The predicted octanol–water partition coefficient (Wildman–Crippen LogP) is 5.48. The summed E-state index contributed by atoms with van der Waals surface area (Å²) in [5, 5.41) is 4.20. The molecule has 1 N–H and O–H groups in total. The first-order valence-corrected chi connectivity index (χ1v) is 10.1. The minimum atomic E-state index is -0.208. The summed E-state index contributed by atoms with van der Waals surface area (Å²) < 4.78 is 0. The molecule has 0 fully saturated rings. The van der Waals surface area contributed by atoms with Gasteiger partial charge in [-0.05, 0) is 89.4 Å². The molecule has 152 valence electrons. The highest BCUT2D eigenvalue weighted by molar-refractivity contribution is 5.95. The van der Waals surface area contributed by atoms with Crippen molar-refractivity contribution in [2.45, 2.75) is 60.0 Å². The zero-order valence-electron chi connectivity index (χ0n) is 18.5. The highest BCUT2D eigenvalue weighted by Crippen LogP contribution is 2.41. The Hall–Kier alpha value is -2.88. The number of fused-ring (bicyclic) bond motifs is 1. The maximum Gasteiger partial charge on any atom is 0.271 e. The average molecular weight is 390 g/mol. The molecule has 0 aliphatic carbocycles. The number of nitrogens with zero attached hydrogens (tertiary/aromatic N) is 2. The molecule has 0 bridgehead atoms. The Labute approximate surface area is 174 Å². The first-order chi connectivity index (χ1) is 13.6. The van der Waals surface area contributed by atoms with Gasteiger partial charge in [0, 0.05) is 22.9 Å². The molecule has 4 heteroatoms. The third kappa shape index (κ3) is 4.26. The standard InChI is InChI=1S/C25H31N3O/c1-16(2)28-23-12-18(4)21(13-22(23)19(5)14-25(28,6)7)15-26-27-24(29)20-10-8-17(3)9-11-20/h8-16H,1-7H3,(H,27,29)/b26-15-. The fraction of sp³-hybridized carbons (Fsp3) is 0.360. The maximum atomic E-state index is 12.3. The van der Waals surface area contributed by atoms with Gasteiger partial charge in [-0.25, -0.2) is 5.43 Å². The van der Waals surface area contributed by atoms with Gasteiger partial charge < -0.3 is 4.90 Å². The second kappa shape index (κ2) is 7.86. The number of allylic oxidation sites excluding steroid dienone is 1. The summed E-state index contributed by atoms with van der Waals surface area (Å²) in [5.41, 5.74) is 10.2. The van der Waals surface area contributed by atoms with Crippen molar-refractivity contribution in [1.82, 2.24) is 5.43 Å². The van der Waals surface area contributed by atoms with Crippen molar-refractivity contribution in [3.8, 4) is 0 Å². The van der Waals surface area contributed by atoms with Crippen molar-refractivity contribution >= 4 is 23.4 Å². The third-order valence-electron chi connectivity index (χ3n) is 5.46. The van der Waals surface area contributed by atoms with E-state index in [2.05, 4.69) is 75.2 Å². The summed E-state index contributed by atoms with van der Waals surface area (Å²) in [5.74, 6) is -0.208. The van der Waals surface area contributed by atoms with E-state index in [1.54, 1.807) is 18.3 Å². The number of carbonyl (C=O) groups is 1. The number of nitrogens with one attached hydrogen (secondary N) is 1. The Bertz CT molecular complexity index is 982. The summed E-state index contributed by atoms with van der Waals surface area (Å²) in [6.45, 7) is 15.2. The Morgan fingerprint density at radius 1 is 1.10 bits per heavy atom. The molecule has 4 nitrogen and oxygen atoms in total. The topological polar surface area (TPSA) is 44.7 Å². The lowest BCUT2D eigenvalue weighted by Gasteiger charge is -2.46. The van der Waals surface area contributed by atoms with E-state index in [0.29, 0.717) is 11.6 Å². The Morgan fingerprint density at radius 3 is 2.38 bits per heavy atom. The molecule has 29 heavy (non-hydrogen) atoms. The van der Waals surface area contributed by atoms with Crippen molar-refractivity contribution in [1.29, 1.82) is 0 Å². The average Bonchev–Trinajstić information content (AvgIpc) is 2.62. The van der Waals surface area contributed by atoms with E-state index >= 15 is 0 Å². The van der Waals surface area contributed by atoms with Crippen molar-refractivity contribution < 1.29 is 4.79 Å². The first-order valence-electron chi connectivity index (χ1n) is 10.1. The summed E-state index contributed by atoms with van der Waals surface area (Å²) >= 11 is 0. The molecular weight excluding hydrogens is 358 g/mol. The summed E-state index contributed by atoms with van der Waals surface area (Å²) in [6.07, 6.45) is 4.05. The van der Waals surface area contributed by atoms with Crippen molar-refractivity contribution in [2.75, 3.05) is 4.90 Å². The fourth-order valence-electron chi connectivity index (χ4n) is 4.22. The zero-order chi connectivity index (χ0) is 21.3. The molecule has 3 rings (SSSR count). The minimum absolute atomic E-state index is 0.0324. The predicted molar refractivity (Wildman–Crippen MR) is 123 cm³/mol. The molecule has 0 unspecified atom stereocenters. The van der Waals surface area contributed by atoms with Crippen LogP contribution >= 0.6 is 0 Å². The molecule has 2 aromatic rings. The third-order valence-corrected chi connectivity index (χ3v) is 5.46. The second-order valence-electron chi connectivity index (χ2n) is 8.74. The lowest BCUT2D eigenvalue weighted by atomic mass is 9.86. The highest BCUT2D eigenvalue weighted by Gasteiger charge is 2.33. The molecular formula is C25H31N3O. The Balaban J connectivity index is 1.87. The van der Waals surface area contributed by atoms with Crippen LogP contribution in [0.4, 0.5) is 5.69 Å². The number of hydrazone groups is 1. The molecule has 0 spiro atoms. The lowest BCUT2D eigenvalue weighted by Crippen LogP contribution is -2.49. The van der Waals surface area contributed by atoms with E-state index in [1.807, 2.05) is 19.1 Å². The van der Waals surface area contributed by atoms with Crippen LogP contribution in [0.3, 0.4) is 0 Å². The van der Waals surface area contributed by atoms with Crippen LogP contribution in [0, 0.1) is 13.8 Å². The van der Waals surface area contributed by atoms with Gasteiger partial charge in [-0.1, -0.05) is 23.8 Å². The van der Waals surface area contributed by atoms with Crippen molar-refractivity contribution in [3.05, 3.63) is 70.3 Å². The van der Waals surface area contributed by atoms with Gasteiger partial charge in [0.25, 0.3) is 5.91 Å². The second-order valence-corrected chi connectivity index (χ2v) is 8.74. The van der Waals surface area contributed by atoms with Gasteiger partial charge in [0.05, 0.1) is 11.8 Å². The summed E-state index contributed by atoms with van der Waals surface area (Å²) in [7, 11) is 0. The van der Waals surface area contributed by atoms with Gasteiger partial charge in [-0.15, -0.1) is 0 Å². The number of rotatable bonds is 4.